The normalized spacial score (nSPS) is 16.3. The maximum Gasteiger partial charge on any atom is 0.211 e. The molecule has 9 nitrogen and oxygen atoms in total. The van der Waals surface area contributed by atoms with E-state index in [1.54, 1.807) is 12.3 Å². The van der Waals surface area contributed by atoms with Crippen molar-refractivity contribution >= 4 is 37.2 Å². The van der Waals surface area contributed by atoms with Crippen molar-refractivity contribution in [1.82, 2.24) is 14.3 Å². The Hall–Kier alpha value is -2.24. The number of piperazine rings is 1. The highest BCUT2D eigenvalue weighted by molar-refractivity contribution is 7.90. The Kier molecular flexibility index (Phi) is 5.36. The molecule has 0 spiro atoms. The van der Waals surface area contributed by atoms with Crippen LogP contribution in [0.3, 0.4) is 0 Å². The fourth-order valence-electron chi connectivity index (χ4n) is 2.72. The molecule has 0 aliphatic carbocycles. The van der Waals surface area contributed by atoms with Crippen LogP contribution in [0.4, 0.5) is 17.3 Å². The first-order valence-corrected chi connectivity index (χ1v) is 12.0. The molecule has 1 fully saturated rings. The van der Waals surface area contributed by atoms with E-state index in [-0.39, 0.29) is 4.90 Å². The third kappa shape index (κ3) is 4.93. The van der Waals surface area contributed by atoms with Gasteiger partial charge in [0, 0.05) is 38.6 Å². The van der Waals surface area contributed by atoms with Gasteiger partial charge >= 0.3 is 0 Å². The monoisotopic (exact) mass is 411 g/mol. The smallest absolute Gasteiger partial charge is 0.211 e. The van der Waals surface area contributed by atoms with Crippen LogP contribution in [0.5, 0.6) is 0 Å². The molecule has 0 atom stereocenters. The first kappa shape index (κ1) is 19.5. The van der Waals surface area contributed by atoms with Crippen LogP contribution in [0.2, 0.25) is 0 Å². The standard InChI is InChI=1S/C16H21N5O4S2/c1-26(22,23)14-4-5-15(17-12-14)19-13-3-6-16(18-11-13)20-7-9-21(10-8-20)27(2,24)25/h3-6,11-12H,7-10H2,1-2H3,(H,17,19). The van der Waals surface area contributed by atoms with Crippen LogP contribution < -0.4 is 10.2 Å². The van der Waals surface area contributed by atoms with Crippen molar-refractivity contribution in [2.75, 3.05) is 48.9 Å². The quantitative estimate of drug-likeness (QED) is 0.765. The van der Waals surface area contributed by atoms with Crippen LogP contribution in [0, 0.1) is 0 Å². The van der Waals surface area contributed by atoms with Crippen LogP contribution >= 0.6 is 0 Å². The largest absolute Gasteiger partial charge is 0.354 e. The van der Waals surface area contributed by atoms with Gasteiger partial charge in [0.15, 0.2) is 9.84 Å². The van der Waals surface area contributed by atoms with Crippen LogP contribution in [-0.4, -0.2) is 69.8 Å². The first-order valence-electron chi connectivity index (χ1n) is 8.22. The van der Waals surface area contributed by atoms with Crippen LogP contribution in [0.1, 0.15) is 0 Å². The molecule has 146 valence electrons. The van der Waals surface area contributed by atoms with Crippen molar-refractivity contribution in [1.29, 1.82) is 0 Å². The maximum atomic E-state index is 11.6. The number of hydrogen-bond acceptors (Lipinski definition) is 8. The summed E-state index contributed by atoms with van der Waals surface area (Å²) >= 11 is 0. The number of sulfonamides is 1. The Morgan fingerprint density at radius 3 is 2.07 bits per heavy atom. The zero-order valence-corrected chi connectivity index (χ0v) is 16.7. The second-order valence-corrected chi connectivity index (χ2v) is 10.3. The number of rotatable bonds is 5. The van der Waals surface area contributed by atoms with Crippen LogP contribution in [-0.2, 0) is 19.9 Å². The van der Waals surface area contributed by atoms with Gasteiger partial charge in [0.25, 0.3) is 0 Å². The van der Waals surface area contributed by atoms with Crippen LogP contribution in [0.15, 0.2) is 41.6 Å². The Bertz CT molecular complexity index is 998. The highest BCUT2D eigenvalue weighted by Gasteiger charge is 2.23. The van der Waals surface area contributed by atoms with Gasteiger partial charge in [-0.1, -0.05) is 0 Å². The molecule has 3 heterocycles. The molecule has 0 aromatic carbocycles. The number of aromatic nitrogens is 2. The molecular formula is C16H21N5O4S2. The maximum absolute atomic E-state index is 11.6. The Morgan fingerprint density at radius 2 is 1.59 bits per heavy atom. The minimum absolute atomic E-state index is 0.162. The zero-order valence-electron chi connectivity index (χ0n) is 15.0. The van der Waals surface area contributed by atoms with Gasteiger partial charge in [-0.2, -0.15) is 4.31 Å². The number of hydrogen-bond donors (Lipinski definition) is 1. The summed E-state index contributed by atoms with van der Waals surface area (Å²) < 4.78 is 47.5. The minimum Gasteiger partial charge on any atom is -0.354 e. The molecule has 0 saturated carbocycles. The van der Waals surface area contributed by atoms with Gasteiger partial charge in [0.2, 0.25) is 10.0 Å². The van der Waals surface area contributed by atoms with Gasteiger partial charge in [-0.05, 0) is 24.3 Å². The Labute approximate surface area is 159 Å². The van der Waals surface area contributed by atoms with Gasteiger partial charge in [0.05, 0.1) is 23.0 Å². The predicted octanol–water partition coefficient (Wildman–Crippen LogP) is 0.705. The molecule has 3 rings (SSSR count). The number of nitrogens with zero attached hydrogens (tertiary/aromatic N) is 4. The second kappa shape index (κ2) is 7.41. The third-order valence-electron chi connectivity index (χ3n) is 4.22. The molecule has 1 saturated heterocycles. The summed E-state index contributed by atoms with van der Waals surface area (Å²) in [6, 6.07) is 6.78. The van der Waals surface area contributed by atoms with E-state index >= 15 is 0 Å². The molecule has 0 radical (unpaired) electrons. The molecule has 1 aliphatic rings. The first-order chi connectivity index (χ1) is 12.6. The second-order valence-electron chi connectivity index (χ2n) is 6.33. The molecule has 0 bridgehead atoms. The van der Waals surface area contributed by atoms with Crippen molar-refractivity contribution in [3.05, 3.63) is 36.7 Å². The van der Waals surface area contributed by atoms with Gasteiger partial charge in [-0.15, -0.1) is 0 Å². The fraction of sp³-hybridized carbons (Fsp3) is 0.375. The summed E-state index contributed by atoms with van der Waals surface area (Å²) in [5.41, 5.74) is 0.716. The molecule has 2 aromatic rings. The number of sulfone groups is 1. The van der Waals surface area contributed by atoms with E-state index in [1.807, 2.05) is 17.0 Å². The lowest BCUT2D eigenvalue weighted by Gasteiger charge is -2.34. The minimum atomic E-state index is -3.27. The fourth-order valence-corrected chi connectivity index (χ4v) is 4.10. The van der Waals surface area contributed by atoms with E-state index in [0.717, 1.165) is 12.1 Å². The SMILES string of the molecule is CS(=O)(=O)c1ccc(Nc2ccc(N3CCN(S(C)(=O)=O)CC3)nc2)nc1. The lowest BCUT2D eigenvalue weighted by atomic mass is 10.3. The lowest BCUT2D eigenvalue weighted by Crippen LogP contribution is -2.48. The molecule has 2 aromatic heterocycles. The summed E-state index contributed by atoms with van der Waals surface area (Å²) in [6.07, 6.45) is 5.32. The molecule has 11 heteroatoms. The molecule has 1 aliphatic heterocycles. The van der Waals surface area contributed by atoms with E-state index in [9.17, 15) is 16.8 Å². The molecule has 0 amide bonds. The van der Waals surface area contributed by atoms with E-state index < -0.39 is 19.9 Å². The van der Waals surface area contributed by atoms with Gasteiger partial charge in [-0.3, -0.25) is 0 Å². The van der Waals surface area contributed by atoms with Crippen molar-refractivity contribution in [3.8, 4) is 0 Å². The number of nitrogens with one attached hydrogen (secondary N) is 1. The number of anilines is 3. The average Bonchev–Trinajstić information content (AvgIpc) is 2.61. The molecule has 1 N–H and O–H groups in total. The van der Waals surface area contributed by atoms with E-state index in [4.69, 9.17) is 0 Å². The van der Waals surface area contributed by atoms with Crippen molar-refractivity contribution in [2.45, 2.75) is 4.90 Å². The van der Waals surface area contributed by atoms with Crippen LogP contribution in [0.25, 0.3) is 0 Å². The summed E-state index contributed by atoms with van der Waals surface area (Å²) in [5.74, 6) is 1.29. The molecule has 27 heavy (non-hydrogen) atoms. The Morgan fingerprint density at radius 1 is 0.889 bits per heavy atom. The summed E-state index contributed by atoms with van der Waals surface area (Å²) in [6.45, 7) is 2.05. The summed E-state index contributed by atoms with van der Waals surface area (Å²) in [4.78, 5) is 10.7. The van der Waals surface area contributed by atoms with Crippen molar-refractivity contribution in [3.63, 3.8) is 0 Å². The summed E-state index contributed by atoms with van der Waals surface area (Å²) in [5, 5.41) is 3.07. The molecular weight excluding hydrogens is 390 g/mol. The highest BCUT2D eigenvalue weighted by atomic mass is 32.2. The van der Waals surface area contributed by atoms with Crippen molar-refractivity contribution in [2.24, 2.45) is 0 Å². The van der Waals surface area contributed by atoms with E-state index in [1.165, 1.54) is 22.8 Å². The topological polar surface area (TPSA) is 113 Å². The van der Waals surface area contributed by atoms with Gasteiger partial charge in [0.1, 0.15) is 11.6 Å². The lowest BCUT2D eigenvalue weighted by molar-refractivity contribution is 0.387. The summed E-state index contributed by atoms with van der Waals surface area (Å²) in [7, 11) is -6.43. The van der Waals surface area contributed by atoms with Crippen molar-refractivity contribution < 1.29 is 16.8 Å². The highest BCUT2D eigenvalue weighted by Crippen LogP contribution is 2.20. The number of pyridine rings is 2. The zero-order chi connectivity index (χ0) is 19.7. The average molecular weight is 412 g/mol. The van der Waals surface area contributed by atoms with Gasteiger partial charge < -0.3 is 10.2 Å². The van der Waals surface area contributed by atoms with E-state index in [0.29, 0.717) is 37.7 Å². The predicted molar refractivity (Wildman–Crippen MR) is 103 cm³/mol. The van der Waals surface area contributed by atoms with Gasteiger partial charge in [-0.25, -0.2) is 26.8 Å². The Balaban J connectivity index is 1.63. The molecule has 0 unspecified atom stereocenters. The third-order valence-corrected chi connectivity index (χ3v) is 6.62. The van der Waals surface area contributed by atoms with E-state index in [2.05, 4.69) is 15.3 Å².